The fourth-order valence-corrected chi connectivity index (χ4v) is 2.60. The van der Waals surface area contributed by atoms with Crippen molar-refractivity contribution in [1.29, 1.82) is 0 Å². The lowest BCUT2D eigenvalue weighted by atomic mass is 10.1. The molecule has 0 unspecified atom stereocenters. The highest BCUT2D eigenvalue weighted by atomic mass is 35.5. The molecular formula is C12H17ClN2S2. The normalized spacial score (nSPS) is 10.3. The molecule has 94 valence electrons. The van der Waals surface area contributed by atoms with E-state index in [0.29, 0.717) is 10.0 Å². The van der Waals surface area contributed by atoms with Gasteiger partial charge in [-0.15, -0.1) is 0 Å². The zero-order chi connectivity index (χ0) is 12.8. The molecule has 1 aromatic carbocycles. The number of thiocarbonyl (C=S) groups is 1. The molecule has 2 nitrogen and oxygen atoms in total. The van der Waals surface area contributed by atoms with Crippen molar-refractivity contribution < 1.29 is 0 Å². The van der Waals surface area contributed by atoms with Crippen LogP contribution < -0.4 is 10.6 Å². The second-order valence-corrected chi connectivity index (χ2v) is 5.60. The molecule has 0 spiro atoms. The molecule has 0 aliphatic heterocycles. The number of benzene rings is 1. The van der Waals surface area contributed by atoms with E-state index in [1.165, 1.54) is 0 Å². The number of hydrogen-bond donors (Lipinski definition) is 1. The Morgan fingerprint density at radius 2 is 2.24 bits per heavy atom. The maximum Gasteiger partial charge on any atom is 0.107 e. The van der Waals surface area contributed by atoms with E-state index < -0.39 is 0 Å². The molecule has 0 atom stereocenters. The van der Waals surface area contributed by atoms with Gasteiger partial charge in [-0.05, 0) is 30.6 Å². The zero-order valence-corrected chi connectivity index (χ0v) is 12.5. The smallest absolute Gasteiger partial charge is 0.107 e. The van der Waals surface area contributed by atoms with Gasteiger partial charge in [-0.3, -0.25) is 0 Å². The summed E-state index contributed by atoms with van der Waals surface area (Å²) < 4.78 is 0. The monoisotopic (exact) mass is 288 g/mol. The fourth-order valence-electron chi connectivity index (χ4n) is 1.64. The first-order valence-corrected chi connectivity index (χ1v) is 7.54. The molecule has 17 heavy (non-hydrogen) atoms. The summed E-state index contributed by atoms with van der Waals surface area (Å²) in [6.07, 6.45) is 3.24. The third-order valence-corrected chi connectivity index (χ3v) is 3.71. The average molecular weight is 289 g/mol. The average Bonchev–Trinajstić information content (AvgIpc) is 2.28. The SMILES string of the molecule is CSCCCN(C)c1cccc(Cl)c1C(N)=S. The van der Waals surface area contributed by atoms with Crippen LogP contribution in [0.3, 0.4) is 0 Å². The summed E-state index contributed by atoms with van der Waals surface area (Å²) in [5, 5.41) is 0.617. The van der Waals surface area contributed by atoms with E-state index in [4.69, 9.17) is 29.6 Å². The number of anilines is 1. The number of hydrogen-bond acceptors (Lipinski definition) is 3. The Kier molecular flexibility index (Phi) is 6.09. The summed E-state index contributed by atoms with van der Waals surface area (Å²) in [6.45, 7) is 0.969. The highest BCUT2D eigenvalue weighted by Crippen LogP contribution is 2.26. The van der Waals surface area contributed by atoms with Crippen molar-refractivity contribution in [2.24, 2.45) is 5.73 Å². The highest BCUT2D eigenvalue weighted by molar-refractivity contribution is 7.98. The Hall–Kier alpha value is -0.450. The van der Waals surface area contributed by atoms with Crippen molar-refractivity contribution >= 4 is 46.3 Å². The van der Waals surface area contributed by atoms with Crippen molar-refractivity contribution in [1.82, 2.24) is 0 Å². The topological polar surface area (TPSA) is 29.3 Å². The standard InChI is InChI=1S/C12H17ClN2S2/c1-15(7-4-8-17-2)10-6-3-5-9(13)11(10)12(14)16/h3,5-6H,4,7-8H2,1-2H3,(H2,14,16). The number of halogens is 1. The van der Waals surface area contributed by atoms with Crippen molar-refractivity contribution in [2.45, 2.75) is 6.42 Å². The molecule has 0 heterocycles. The summed E-state index contributed by atoms with van der Waals surface area (Å²) >= 11 is 13.0. The van der Waals surface area contributed by atoms with Gasteiger partial charge in [-0.2, -0.15) is 11.8 Å². The third kappa shape index (κ3) is 4.05. The second kappa shape index (κ2) is 7.09. The van der Waals surface area contributed by atoms with Crippen LogP contribution in [-0.4, -0.2) is 30.6 Å². The van der Waals surface area contributed by atoms with Crippen LogP contribution in [0.5, 0.6) is 0 Å². The predicted octanol–water partition coefficient (Wildman–Crippen LogP) is 3.16. The largest absolute Gasteiger partial charge is 0.389 e. The van der Waals surface area contributed by atoms with E-state index in [1.807, 2.05) is 37.0 Å². The van der Waals surface area contributed by atoms with Gasteiger partial charge in [0.15, 0.2) is 0 Å². The van der Waals surface area contributed by atoms with Crippen molar-refractivity contribution in [3.05, 3.63) is 28.8 Å². The Balaban J connectivity index is 2.89. The molecule has 0 bridgehead atoms. The molecule has 0 aliphatic rings. The van der Waals surface area contributed by atoms with E-state index in [2.05, 4.69) is 11.2 Å². The summed E-state index contributed by atoms with van der Waals surface area (Å²) in [5.74, 6) is 1.15. The maximum atomic E-state index is 6.13. The molecule has 0 saturated heterocycles. The van der Waals surface area contributed by atoms with Gasteiger partial charge >= 0.3 is 0 Å². The van der Waals surface area contributed by atoms with E-state index in [0.717, 1.165) is 30.0 Å². The summed E-state index contributed by atoms with van der Waals surface area (Å²) in [5.41, 5.74) is 7.50. The summed E-state index contributed by atoms with van der Waals surface area (Å²) in [6, 6.07) is 5.74. The summed E-state index contributed by atoms with van der Waals surface area (Å²) in [7, 11) is 2.04. The van der Waals surface area contributed by atoms with E-state index in [-0.39, 0.29) is 0 Å². The van der Waals surface area contributed by atoms with Crippen LogP contribution >= 0.6 is 35.6 Å². The first-order valence-electron chi connectivity index (χ1n) is 5.36. The van der Waals surface area contributed by atoms with Crippen LogP contribution in [0.15, 0.2) is 18.2 Å². The molecular weight excluding hydrogens is 272 g/mol. The molecule has 0 aliphatic carbocycles. The zero-order valence-electron chi connectivity index (χ0n) is 10.1. The van der Waals surface area contributed by atoms with Crippen LogP contribution in [-0.2, 0) is 0 Å². The van der Waals surface area contributed by atoms with Gasteiger partial charge in [0.05, 0.1) is 10.6 Å². The molecule has 5 heteroatoms. The van der Waals surface area contributed by atoms with Gasteiger partial charge < -0.3 is 10.6 Å². The minimum absolute atomic E-state index is 0.349. The van der Waals surface area contributed by atoms with E-state index >= 15 is 0 Å². The van der Waals surface area contributed by atoms with Crippen molar-refractivity contribution in [2.75, 3.05) is 30.5 Å². The van der Waals surface area contributed by atoms with Crippen LogP contribution in [0.25, 0.3) is 0 Å². The Morgan fingerprint density at radius 3 is 2.82 bits per heavy atom. The van der Waals surface area contributed by atoms with Gasteiger partial charge in [0.2, 0.25) is 0 Å². The number of rotatable bonds is 6. The van der Waals surface area contributed by atoms with Crippen LogP contribution in [0.2, 0.25) is 5.02 Å². The number of nitrogens with zero attached hydrogens (tertiary/aromatic N) is 1. The van der Waals surface area contributed by atoms with Crippen molar-refractivity contribution in [3.8, 4) is 0 Å². The van der Waals surface area contributed by atoms with E-state index in [9.17, 15) is 0 Å². The quantitative estimate of drug-likeness (QED) is 0.643. The first kappa shape index (κ1) is 14.6. The molecule has 1 aromatic rings. The molecule has 1 rings (SSSR count). The molecule has 0 fully saturated rings. The molecule has 2 N–H and O–H groups in total. The molecule has 0 saturated carbocycles. The molecule has 0 aromatic heterocycles. The van der Waals surface area contributed by atoms with Gasteiger partial charge in [-0.1, -0.05) is 29.9 Å². The van der Waals surface area contributed by atoms with Gasteiger partial charge in [-0.25, -0.2) is 0 Å². The minimum atomic E-state index is 0.349. The lowest BCUT2D eigenvalue weighted by molar-refractivity contribution is 0.859. The third-order valence-electron chi connectivity index (χ3n) is 2.49. The van der Waals surface area contributed by atoms with Crippen LogP contribution in [0.1, 0.15) is 12.0 Å². The molecule has 0 amide bonds. The second-order valence-electron chi connectivity index (χ2n) is 3.77. The Labute approximate surface area is 118 Å². The summed E-state index contributed by atoms with van der Waals surface area (Å²) in [4.78, 5) is 2.50. The van der Waals surface area contributed by atoms with Gasteiger partial charge in [0, 0.05) is 19.3 Å². The molecule has 0 radical (unpaired) electrons. The van der Waals surface area contributed by atoms with Crippen LogP contribution in [0.4, 0.5) is 5.69 Å². The van der Waals surface area contributed by atoms with Crippen molar-refractivity contribution in [3.63, 3.8) is 0 Å². The van der Waals surface area contributed by atoms with Crippen LogP contribution in [0, 0.1) is 0 Å². The number of thioether (sulfide) groups is 1. The fraction of sp³-hybridized carbons (Fsp3) is 0.417. The van der Waals surface area contributed by atoms with Gasteiger partial charge in [0.1, 0.15) is 4.99 Å². The minimum Gasteiger partial charge on any atom is -0.389 e. The Morgan fingerprint density at radius 1 is 1.53 bits per heavy atom. The number of nitrogens with two attached hydrogens (primary N) is 1. The lowest BCUT2D eigenvalue weighted by Crippen LogP contribution is -2.23. The lowest BCUT2D eigenvalue weighted by Gasteiger charge is -2.22. The predicted molar refractivity (Wildman–Crippen MR) is 83.6 cm³/mol. The Bertz CT molecular complexity index is 396. The van der Waals surface area contributed by atoms with Gasteiger partial charge in [0.25, 0.3) is 0 Å². The highest BCUT2D eigenvalue weighted by Gasteiger charge is 2.12. The maximum absolute atomic E-state index is 6.13. The van der Waals surface area contributed by atoms with E-state index in [1.54, 1.807) is 0 Å². The first-order chi connectivity index (χ1) is 8.07.